The van der Waals surface area contributed by atoms with Crippen molar-refractivity contribution in [2.75, 3.05) is 44.6 Å². The van der Waals surface area contributed by atoms with Crippen LogP contribution in [0.3, 0.4) is 0 Å². The van der Waals surface area contributed by atoms with Crippen molar-refractivity contribution in [1.82, 2.24) is 9.97 Å². The zero-order valence-electron chi connectivity index (χ0n) is 11.8. The van der Waals surface area contributed by atoms with E-state index in [1.807, 2.05) is 6.92 Å². The highest BCUT2D eigenvalue weighted by molar-refractivity contribution is 5.68. The number of methoxy groups -OCH3 is 2. The fraction of sp³-hybridized carbons (Fsp3) is 0.636. The van der Waals surface area contributed by atoms with Crippen LogP contribution >= 0.6 is 0 Å². The largest absolute Gasteiger partial charge is 0.383 e. The minimum Gasteiger partial charge on any atom is -0.383 e. The summed E-state index contributed by atoms with van der Waals surface area (Å²) in [5, 5.41) is 11.2. The summed E-state index contributed by atoms with van der Waals surface area (Å²) >= 11 is 0. The monoisotopic (exact) mass is 285 g/mol. The van der Waals surface area contributed by atoms with Crippen molar-refractivity contribution in [3.05, 3.63) is 16.4 Å². The highest BCUT2D eigenvalue weighted by Crippen LogP contribution is 2.30. The van der Waals surface area contributed by atoms with Crippen LogP contribution in [0.1, 0.15) is 6.92 Å². The van der Waals surface area contributed by atoms with Gasteiger partial charge < -0.3 is 20.1 Å². The van der Waals surface area contributed by atoms with Crippen LogP contribution in [0.15, 0.2) is 6.33 Å². The number of hydrogen-bond acceptors (Lipinski definition) is 8. The van der Waals surface area contributed by atoms with E-state index in [-0.39, 0.29) is 23.4 Å². The molecule has 9 heteroatoms. The molecule has 0 radical (unpaired) electrons. The third-order valence-corrected chi connectivity index (χ3v) is 2.76. The van der Waals surface area contributed by atoms with E-state index >= 15 is 0 Å². The molecule has 0 aliphatic heterocycles. The molecule has 1 heterocycles. The van der Waals surface area contributed by atoms with Gasteiger partial charge in [0.25, 0.3) is 0 Å². The number of anilines is 2. The predicted molar refractivity (Wildman–Crippen MR) is 73.7 cm³/mol. The minimum absolute atomic E-state index is 0.122. The van der Waals surface area contributed by atoms with Gasteiger partial charge in [0.1, 0.15) is 6.33 Å². The van der Waals surface area contributed by atoms with Gasteiger partial charge in [-0.3, -0.25) is 10.1 Å². The Kier molecular flexibility index (Phi) is 6.07. The molecule has 2 N–H and O–H groups in total. The molecule has 0 fully saturated rings. The van der Waals surface area contributed by atoms with E-state index in [0.717, 1.165) is 0 Å². The molecule has 0 spiro atoms. The predicted octanol–water partition coefficient (Wildman–Crippen LogP) is 0.455. The van der Waals surface area contributed by atoms with Crippen molar-refractivity contribution in [2.24, 2.45) is 0 Å². The van der Waals surface area contributed by atoms with Crippen molar-refractivity contribution >= 4 is 17.3 Å². The van der Waals surface area contributed by atoms with E-state index < -0.39 is 4.92 Å². The van der Waals surface area contributed by atoms with Gasteiger partial charge in [-0.2, -0.15) is 0 Å². The first kappa shape index (κ1) is 16.1. The molecule has 0 bridgehead atoms. The maximum Gasteiger partial charge on any atom is 0.353 e. The first-order chi connectivity index (χ1) is 9.52. The standard InChI is InChI=1S/C11H19N5O4/c1-8(6-20-3)15(4-5-19-2)11-9(16(17)18)10(12)13-7-14-11/h7-8H,4-6H2,1-3H3,(H2,12,13,14). The Labute approximate surface area is 116 Å². The Balaban J connectivity index is 3.18. The summed E-state index contributed by atoms with van der Waals surface area (Å²) in [7, 11) is 3.12. The van der Waals surface area contributed by atoms with E-state index in [2.05, 4.69) is 9.97 Å². The third-order valence-electron chi connectivity index (χ3n) is 2.76. The first-order valence-electron chi connectivity index (χ1n) is 6.02. The summed E-state index contributed by atoms with van der Waals surface area (Å²) in [6.07, 6.45) is 1.21. The summed E-state index contributed by atoms with van der Waals surface area (Å²) in [6, 6.07) is -0.122. The zero-order chi connectivity index (χ0) is 15.1. The average Bonchev–Trinajstić information content (AvgIpc) is 2.39. The van der Waals surface area contributed by atoms with Crippen LogP contribution in [0, 0.1) is 10.1 Å². The molecule has 1 aromatic heterocycles. The third kappa shape index (κ3) is 3.75. The number of nitrogens with zero attached hydrogens (tertiary/aromatic N) is 4. The summed E-state index contributed by atoms with van der Waals surface area (Å²) in [5.41, 5.74) is 5.28. The molecule has 0 saturated heterocycles. The van der Waals surface area contributed by atoms with Crippen LogP contribution in [0.4, 0.5) is 17.3 Å². The summed E-state index contributed by atoms with van der Waals surface area (Å²) in [6.45, 7) is 3.10. The van der Waals surface area contributed by atoms with Crippen molar-refractivity contribution in [3.63, 3.8) is 0 Å². The van der Waals surface area contributed by atoms with Crippen LogP contribution in [-0.4, -0.2) is 54.9 Å². The number of hydrogen-bond donors (Lipinski definition) is 1. The van der Waals surface area contributed by atoms with Gasteiger partial charge in [0.15, 0.2) is 0 Å². The minimum atomic E-state index is -0.579. The smallest absolute Gasteiger partial charge is 0.353 e. The van der Waals surface area contributed by atoms with E-state index in [1.165, 1.54) is 6.33 Å². The second-order valence-corrected chi connectivity index (χ2v) is 4.18. The molecule has 0 aliphatic rings. The molecule has 112 valence electrons. The highest BCUT2D eigenvalue weighted by atomic mass is 16.6. The van der Waals surface area contributed by atoms with Crippen LogP contribution in [-0.2, 0) is 9.47 Å². The van der Waals surface area contributed by atoms with Crippen LogP contribution < -0.4 is 10.6 Å². The Morgan fingerprint density at radius 1 is 1.45 bits per heavy atom. The molecule has 1 rings (SSSR count). The number of nitrogens with two attached hydrogens (primary N) is 1. The molecule has 0 saturated carbocycles. The molecule has 1 aromatic rings. The van der Waals surface area contributed by atoms with E-state index in [9.17, 15) is 10.1 Å². The van der Waals surface area contributed by atoms with E-state index in [1.54, 1.807) is 19.1 Å². The Morgan fingerprint density at radius 3 is 2.70 bits per heavy atom. The van der Waals surface area contributed by atoms with Crippen molar-refractivity contribution in [3.8, 4) is 0 Å². The molecule has 1 atom stereocenters. The maximum absolute atomic E-state index is 11.2. The first-order valence-corrected chi connectivity index (χ1v) is 6.02. The number of aromatic nitrogens is 2. The fourth-order valence-electron chi connectivity index (χ4n) is 1.82. The molecule has 20 heavy (non-hydrogen) atoms. The SMILES string of the molecule is COCCN(c1ncnc(N)c1[N+](=O)[O-])C(C)COC. The Hall–Kier alpha value is -2.00. The summed E-state index contributed by atoms with van der Waals surface area (Å²) < 4.78 is 10.1. The van der Waals surface area contributed by atoms with Crippen LogP contribution in [0.2, 0.25) is 0 Å². The molecule has 0 amide bonds. The van der Waals surface area contributed by atoms with Crippen molar-refractivity contribution < 1.29 is 14.4 Å². The fourth-order valence-corrected chi connectivity index (χ4v) is 1.82. The highest BCUT2D eigenvalue weighted by Gasteiger charge is 2.28. The molecule has 9 nitrogen and oxygen atoms in total. The molecule has 0 aromatic carbocycles. The molecule has 1 unspecified atom stereocenters. The topological polar surface area (TPSA) is 117 Å². The quantitative estimate of drug-likeness (QED) is 0.540. The number of nitro groups is 1. The molecular formula is C11H19N5O4. The Morgan fingerprint density at radius 2 is 2.15 bits per heavy atom. The van der Waals surface area contributed by atoms with Crippen LogP contribution in [0.25, 0.3) is 0 Å². The summed E-state index contributed by atoms with van der Waals surface area (Å²) in [4.78, 5) is 20.0. The summed E-state index contributed by atoms with van der Waals surface area (Å²) in [5.74, 6) is 0.0103. The normalized spacial score (nSPS) is 12.2. The molecule has 0 aliphatic carbocycles. The van der Waals surface area contributed by atoms with Crippen molar-refractivity contribution in [2.45, 2.75) is 13.0 Å². The van der Waals surface area contributed by atoms with Crippen molar-refractivity contribution in [1.29, 1.82) is 0 Å². The Bertz CT molecular complexity index is 456. The second-order valence-electron chi connectivity index (χ2n) is 4.18. The lowest BCUT2D eigenvalue weighted by molar-refractivity contribution is -0.383. The molecular weight excluding hydrogens is 266 g/mol. The van der Waals surface area contributed by atoms with Gasteiger partial charge in [-0.25, -0.2) is 9.97 Å². The average molecular weight is 285 g/mol. The second kappa shape index (κ2) is 7.56. The lowest BCUT2D eigenvalue weighted by Crippen LogP contribution is -2.39. The van der Waals surface area contributed by atoms with Gasteiger partial charge in [0.05, 0.1) is 24.2 Å². The lowest BCUT2D eigenvalue weighted by atomic mass is 10.2. The lowest BCUT2D eigenvalue weighted by Gasteiger charge is -2.29. The number of nitrogen functional groups attached to an aromatic ring is 1. The van der Waals surface area contributed by atoms with E-state index in [0.29, 0.717) is 19.8 Å². The van der Waals surface area contributed by atoms with Gasteiger partial charge in [-0.05, 0) is 6.92 Å². The van der Waals surface area contributed by atoms with Gasteiger partial charge in [0, 0.05) is 20.8 Å². The van der Waals surface area contributed by atoms with Gasteiger partial charge >= 0.3 is 5.69 Å². The van der Waals surface area contributed by atoms with Gasteiger partial charge in [-0.15, -0.1) is 0 Å². The maximum atomic E-state index is 11.2. The zero-order valence-corrected chi connectivity index (χ0v) is 11.8. The van der Waals surface area contributed by atoms with Gasteiger partial charge in [0.2, 0.25) is 11.6 Å². The van der Waals surface area contributed by atoms with Gasteiger partial charge in [-0.1, -0.05) is 0 Å². The number of rotatable bonds is 8. The van der Waals surface area contributed by atoms with E-state index in [4.69, 9.17) is 15.2 Å². The number of ether oxygens (including phenoxy) is 2. The van der Waals surface area contributed by atoms with Crippen LogP contribution in [0.5, 0.6) is 0 Å².